The summed E-state index contributed by atoms with van der Waals surface area (Å²) in [5, 5.41) is 2.43. The van der Waals surface area contributed by atoms with Crippen LogP contribution in [0.4, 0.5) is 5.69 Å². The van der Waals surface area contributed by atoms with Gasteiger partial charge in [0.1, 0.15) is 0 Å². The maximum atomic E-state index is 11.5. The maximum absolute atomic E-state index is 11.5. The van der Waals surface area contributed by atoms with Gasteiger partial charge in [-0.1, -0.05) is 24.3 Å². The van der Waals surface area contributed by atoms with E-state index >= 15 is 0 Å². The van der Waals surface area contributed by atoms with Crippen LogP contribution in [-0.4, -0.2) is 38.0 Å². The van der Waals surface area contributed by atoms with Crippen LogP contribution in [0.5, 0.6) is 0 Å². The summed E-state index contributed by atoms with van der Waals surface area (Å²) >= 11 is 0. The Morgan fingerprint density at radius 1 is 0.905 bits per heavy atom. The highest BCUT2D eigenvalue weighted by molar-refractivity contribution is 7.91. The van der Waals surface area contributed by atoms with Crippen LogP contribution in [0, 0.1) is 0 Å². The largest absolute Gasteiger partial charge is 0.369 e. The lowest BCUT2D eigenvalue weighted by Gasteiger charge is -2.28. The normalized spacial score (nSPS) is 18.4. The third-order valence-electron chi connectivity index (χ3n) is 4.20. The van der Waals surface area contributed by atoms with E-state index in [-0.39, 0.29) is 11.5 Å². The molecule has 0 spiro atoms. The number of anilines is 1. The number of aromatic nitrogens is 1. The molecule has 2 aromatic carbocycles. The van der Waals surface area contributed by atoms with Gasteiger partial charge < -0.3 is 9.88 Å². The Morgan fingerprint density at radius 3 is 2.43 bits per heavy atom. The fourth-order valence-electron chi connectivity index (χ4n) is 3.01. The number of rotatable bonds is 1. The Kier molecular flexibility index (Phi) is 2.72. The fourth-order valence-corrected chi connectivity index (χ4v) is 4.21. The Labute approximate surface area is 123 Å². The van der Waals surface area contributed by atoms with Crippen molar-refractivity contribution < 1.29 is 8.42 Å². The molecule has 4 rings (SSSR count). The summed E-state index contributed by atoms with van der Waals surface area (Å²) in [6.45, 7) is 1.15. The van der Waals surface area contributed by atoms with E-state index in [0.29, 0.717) is 13.1 Å². The van der Waals surface area contributed by atoms with Gasteiger partial charge in [0, 0.05) is 40.6 Å². The zero-order valence-corrected chi connectivity index (χ0v) is 12.4. The third kappa shape index (κ3) is 2.17. The Balaban J connectivity index is 1.76. The minimum Gasteiger partial charge on any atom is -0.369 e. The smallest absolute Gasteiger partial charge is 0.153 e. The van der Waals surface area contributed by atoms with Gasteiger partial charge in [0.15, 0.2) is 9.84 Å². The van der Waals surface area contributed by atoms with Gasteiger partial charge in [0.05, 0.1) is 11.5 Å². The first-order valence-electron chi connectivity index (χ1n) is 7.08. The van der Waals surface area contributed by atoms with Crippen molar-refractivity contribution in [2.24, 2.45) is 0 Å². The van der Waals surface area contributed by atoms with Gasteiger partial charge in [-0.25, -0.2) is 8.42 Å². The van der Waals surface area contributed by atoms with Crippen LogP contribution in [-0.2, 0) is 9.84 Å². The molecule has 1 aromatic heterocycles. The lowest BCUT2D eigenvalue weighted by molar-refractivity contribution is 0.587. The molecule has 0 unspecified atom stereocenters. The van der Waals surface area contributed by atoms with Crippen molar-refractivity contribution in [2.45, 2.75) is 0 Å². The van der Waals surface area contributed by atoms with Gasteiger partial charge in [-0.05, 0) is 18.2 Å². The highest BCUT2D eigenvalue weighted by Gasteiger charge is 2.22. The third-order valence-corrected chi connectivity index (χ3v) is 5.81. The summed E-state index contributed by atoms with van der Waals surface area (Å²) in [4.78, 5) is 5.57. The molecule has 0 aliphatic carbocycles. The minimum absolute atomic E-state index is 0.248. The van der Waals surface area contributed by atoms with E-state index < -0.39 is 9.84 Å². The summed E-state index contributed by atoms with van der Waals surface area (Å²) in [7, 11) is -2.84. The number of hydrogen-bond acceptors (Lipinski definition) is 3. The number of nitrogens with zero attached hydrogens (tertiary/aromatic N) is 1. The highest BCUT2D eigenvalue weighted by atomic mass is 32.2. The van der Waals surface area contributed by atoms with E-state index in [0.717, 1.165) is 16.7 Å². The van der Waals surface area contributed by atoms with Gasteiger partial charge in [-0.3, -0.25) is 0 Å². The molecule has 2 heterocycles. The van der Waals surface area contributed by atoms with Crippen LogP contribution in [0.1, 0.15) is 0 Å². The Bertz CT molecular complexity index is 914. The quantitative estimate of drug-likeness (QED) is 0.751. The second kappa shape index (κ2) is 4.49. The molecule has 1 saturated heterocycles. The van der Waals surface area contributed by atoms with Crippen molar-refractivity contribution in [3.63, 3.8) is 0 Å². The van der Waals surface area contributed by atoms with E-state index in [1.54, 1.807) is 0 Å². The molecule has 0 bridgehead atoms. The van der Waals surface area contributed by atoms with Crippen LogP contribution >= 0.6 is 0 Å². The molecule has 1 aliphatic rings. The van der Waals surface area contributed by atoms with E-state index in [1.165, 1.54) is 10.8 Å². The number of benzene rings is 2. The molecule has 0 amide bonds. The molecule has 0 radical (unpaired) electrons. The summed E-state index contributed by atoms with van der Waals surface area (Å²) in [5.74, 6) is 0.496. The lowest BCUT2D eigenvalue weighted by atomic mass is 10.1. The van der Waals surface area contributed by atoms with E-state index in [1.807, 2.05) is 12.1 Å². The number of nitrogens with one attached hydrogen (secondary N) is 1. The molecule has 21 heavy (non-hydrogen) atoms. The van der Waals surface area contributed by atoms with Gasteiger partial charge in [0.25, 0.3) is 0 Å². The molecule has 108 valence electrons. The Hall–Kier alpha value is -2.01. The second-order valence-electron chi connectivity index (χ2n) is 5.54. The Morgan fingerprint density at radius 2 is 1.62 bits per heavy atom. The van der Waals surface area contributed by atoms with E-state index in [9.17, 15) is 8.42 Å². The zero-order chi connectivity index (χ0) is 14.4. The molecular formula is C16H16N2O2S. The predicted octanol–water partition coefficient (Wildman–Crippen LogP) is 2.56. The van der Waals surface area contributed by atoms with Crippen molar-refractivity contribution in [3.8, 4) is 0 Å². The van der Waals surface area contributed by atoms with Gasteiger partial charge in [-0.15, -0.1) is 0 Å². The van der Waals surface area contributed by atoms with Gasteiger partial charge in [-0.2, -0.15) is 0 Å². The SMILES string of the molecule is O=S1(=O)CCN(c2ccc3c(c2)[nH]c2ccccc23)CC1. The monoisotopic (exact) mass is 300 g/mol. The standard InChI is InChI=1S/C16H16N2O2S/c19-21(20)9-7-18(8-10-21)12-5-6-14-13-3-1-2-4-15(13)17-16(14)11-12/h1-6,11,17H,7-10H2. The number of sulfone groups is 1. The molecule has 5 heteroatoms. The molecule has 1 N–H and O–H groups in total. The van der Waals surface area contributed by atoms with E-state index in [4.69, 9.17) is 0 Å². The first kappa shape index (κ1) is 12.7. The number of fused-ring (bicyclic) bond motifs is 3. The van der Waals surface area contributed by atoms with Crippen LogP contribution in [0.15, 0.2) is 42.5 Å². The van der Waals surface area contributed by atoms with Crippen molar-refractivity contribution in [2.75, 3.05) is 29.5 Å². The van der Waals surface area contributed by atoms with Crippen molar-refractivity contribution in [3.05, 3.63) is 42.5 Å². The van der Waals surface area contributed by atoms with Crippen LogP contribution in [0.3, 0.4) is 0 Å². The van der Waals surface area contributed by atoms with Crippen LogP contribution in [0.2, 0.25) is 0 Å². The van der Waals surface area contributed by atoms with Gasteiger partial charge >= 0.3 is 0 Å². The first-order valence-corrected chi connectivity index (χ1v) is 8.90. The van der Waals surface area contributed by atoms with Crippen molar-refractivity contribution in [1.29, 1.82) is 0 Å². The van der Waals surface area contributed by atoms with Crippen molar-refractivity contribution >= 4 is 37.3 Å². The van der Waals surface area contributed by atoms with Crippen LogP contribution in [0.25, 0.3) is 21.8 Å². The molecule has 4 nitrogen and oxygen atoms in total. The number of hydrogen-bond donors (Lipinski definition) is 1. The topological polar surface area (TPSA) is 53.2 Å². The number of H-pyrrole nitrogens is 1. The van der Waals surface area contributed by atoms with E-state index in [2.05, 4.69) is 40.2 Å². The first-order chi connectivity index (χ1) is 10.1. The summed E-state index contributed by atoms with van der Waals surface area (Å²) in [6, 6.07) is 14.6. The lowest BCUT2D eigenvalue weighted by Crippen LogP contribution is -2.40. The molecule has 0 atom stereocenters. The average molecular weight is 300 g/mol. The summed E-state index contributed by atoms with van der Waals surface area (Å²) in [5.41, 5.74) is 3.32. The number of aromatic amines is 1. The van der Waals surface area contributed by atoms with Crippen LogP contribution < -0.4 is 4.90 Å². The highest BCUT2D eigenvalue weighted by Crippen LogP contribution is 2.29. The molecule has 0 saturated carbocycles. The molecular weight excluding hydrogens is 284 g/mol. The molecule has 3 aromatic rings. The maximum Gasteiger partial charge on any atom is 0.153 e. The summed E-state index contributed by atoms with van der Waals surface area (Å²) in [6.07, 6.45) is 0. The zero-order valence-electron chi connectivity index (χ0n) is 11.5. The number of para-hydroxylation sites is 1. The second-order valence-corrected chi connectivity index (χ2v) is 7.84. The average Bonchev–Trinajstić information content (AvgIpc) is 2.84. The van der Waals surface area contributed by atoms with Crippen molar-refractivity contribution in [1.82, 2.24) is 4.98 Å². The fraction of sp³-hybridized carbons (Fsp3) is 0.250. The molecule has 1 fully saturated rings. The van der Waals surface area contributed by atoms with Gasteiger partial charge in [0.2, 0.25) is 0 Å². The molecule has 1 aliphatic heterocycles. The predicted molar refractivity (Wildman–Crippen MR) is 86.7 cm³/mol. The summed E-state index contributed by atoms with van der Waals surface area (Å²) < 4.78 is 23.0. The minimum atomic E-state index is -2.84.